The van der Waals surface area contributed by atoms with Crippen LogP contribution in [0.2, 0.25) is 137 Å². The van der Waals surface area contributed by atoms with Crippen LogP contribution in [0.1, 0.15) is 66.8 Å². The van der Waals surface area contributed by atoms with Crippen molar-refractivity contribution in [3.05, 3.63) is 206 Å². The Bertz CT molecular complexity index is 3510. The van der Waals surface area contributed by atoms with Crippen LogP contribution >= 0.6 is 0 Å². The standard InChI is InChI=1S/2C13H24Si2.C10H5F9.3C10H16Si.C9H6F6/c1-11-8-9-12(14(2,3)4)10-13(11)15(5,6)7;1-11-12(14(2,3)4)9-8-10-13(11)15(5,6)7;1-4-6(9(14,15)16)2-5(8(11,12)13)3-7(4)10(17,18)19;1-9-5-7-10(8-6-9)11(2,3)4;1-9-6-5-7-10(8-9)11(2,3)4;1-9-7-5-6-8-10(9)11(2,3)4;1-5-2-6(8(10,11)12)4-7(3-5)9(13,14)15/h2*8-10H,1-7H3;2-3H,1H3;3*5-8H,1-4H3;2-4H,1H3. The number of alkyl halides is 15. The SMILES string of the molecule is Cc1c(C(F)(F)F)cc(C(F)(F)F)cc1C(F)(F)F.Cc1c([Si](C)(C)C)cccc1[Si](C)(C)C.Cc1cc(C(F)(F)F)cc(C(F)(F)F)c1.Cc1ccc([Si](C)(C)C)cc1.Cc1ccc([Si](C)(C)C)cc1[Si](C)(C)C.Cc1cccc([Si](C)(C)C)c1.Cc1ccccc1[Si](C)(C)C. The van der Waals surface area contributed by atoms with Crippen molar-refractivity contribution in [2.75, 3.05) is 0 Å². The lowest BCUT2D eigenvalue weighted by atomic mass is 9.97. The minimum absolute atomic E-state index is 0.0721. The van der Waals surface area contributed by atoms with Crippen molar-refractivity contribution in [3.63, 3.8) is 0 Å². The van der Waals surface area contributed by atoms with Crippen LogP contribution in [0, 0.1) is 48.5 Å². The minimum atomic E-state index is -5.30. The first kappa shape index (κ1) is 90.0. The van der Waals surface area contributed by atoms with Gasteiger partial charge in [-0.15, -0.1) is 0 Å². The second-order valence-corrected chi connectivity index (χ2v) is 67.5. The molecule has 0 fully saturated rings. The predicted octanol–water partition coefficient (Wildman–Crippen LogP) is 22.9. The lowest BCUT2D eigenvalue weighted by Gasteiger charge is -2.26. The Morgan fingerprint density at radius 1 is 0.216 bits per heavy atom. The number of benzene rings is 7. The van der Waals surface area contributed by atoms with Gasteiger partial charge >= 0.3 is 30.9 Å². The first-order valence-corrected chi connectivity index (χ1v) is 56.7. The molecule has 0 atom stereocenters. The Morgan fingerprint density at radius 3 is 0.845 bits per heavy atom. The van der Waals surface area contributed by atoms with Gasteiger partial charge < -0.3 is 0 Å². The molecular weight excluding hydrogens is 1380 g/mol. The van der Waals surface area contributed by atoms with Crippen molar-refractivity contribution in [1.29, 1.82) is 0 Å². The highest BCUT2D eigenvalue weighted by atomic mass is 28.3. The number of aryl methyl sites for hydroxylation is 5. The maximum atomic E-state index is 12.5. The van der Waals surface area contributed by atoms with Crippen LogP contribution in [-0.2, 0) is 30.9 Å². The molecule has 0 radical (unpaired) electrons. The Labute approximate surface area is 578 Å². The molecule has 0 aliphatic heterocycles. The van der Waals surface area contributed by atoms with Crippen molar-refractivity contribution in [1.82, 2.24) is 0 Å². The van der Waals surface area contributed by atoms with Crippen molar-refractivity contribution >= 4 is 92.8 Å². The van der Waals surface area contributed by atoms with E-state index in [4.69, 9.17) is 0 Å². The van der Waals surface area contributed by atoms with Crippen LogP contribution in [0.4, 0.5) is 65.9 Å². The van der Waals surface area contributed by atoms with Gasteiger partial charge in [-0.3, -0.25) is 0 Å². The second-order valence-electron chi connectivity index (χ2n) is 32.1. The molecule has 0 heterocycles. The summed E-state index contributed by atoms with van der Waals surface area (Å²) < 4.78 is 185. The molecule has 0 aliphatic carbocycles. The maximum Gasteiger partial charge on any atom is 0.416 e. The summed E-state index contributed by atoms with van der Waals surface area (Å²) in [6.45, 7) is 63.3. The molecule has 7 aromatic carbocycles. The average molecular weight is 1490 g/mol. The number of hydrogen-bond acceptors (Lipinski definition) is 0. The average Bonchev–Trinajstić information content (AvgIpc) is 0.780. The highest BCUT2D eigenvalue weighted by Crippen LogP contribution is 2.43. The molecule has 0 bridgehead atoms. The van der Waals surface area contributed by atoms with Crippen molar-refractivity contribution in [2.24, 2.45) is 0 Å². The molecule has 0 aliphatic rings. The molecule has 0 nitrogen and oxygen atoms in total. The zero-order chi connectivity index (χ0) is 76.2. The summed E-state index contributed by atoms with van der Waals surface area (Å²) in [5.74, 6) is 0. The van der Waals surface area contributed by atoms with Crippen LogP contribution in [0.3, 0.4) is 0 Å². The van der Waals surface area contributed by atoms with Gasteiger partial charge in [-0.2, -0.15) is 65.9 Å². The molecule has 0 saturated carbocycles. The van der Waals surface area contributed by atoms with Crippen molar-refractivity contribution in [3.8, 4) is 0 Å². The van der Waals surface area contributed by atoms with E-state index in [1.54, 1.807) is 41.9 Å². The van der Waals surface area contributed by atoms with E-state index in [2.05, 4.69) is 281 Å². The van der Waals surface area contributed by atoms with E-state index in [9.17, 15) is 65.9 Å². The second kappa shape index (κ2) is 34.1. The fourth-order valence-corrected chi connectivity index (χ4v) is 21.6. The van der Waals surface area contributed by atoms with Gasteiger partial charge in [-0.05, 0) is 89.9 Å². The van der Waals surface area contributed by atoms with Crippen molar-refractivity contribution < 1.29 is 65.9 Å². The number of rotatable bonds is 7. The smallest absolute Gasteiger partial charge is 0.166 e. The molecule has 0 spiro atoms. The van der Waals surface area contributed by atoms with E-state index in [1.807, 2.05) is 0 Å². The normalized spacial score (nSPS) is 12.7. The Morgan fingerprint density at radius 2 is 0.536 bits per heavy atom. The van der Waals surface area contributed by atoms with Crippen LogP contribution in [0.15, 0.2) is 140 Å². The molecule has 0 amide bonds. The Hall–Kier alpha value is -4.99. The van der Waals surface area contributed by atoms with E-state index in [1.165, 1.54) is 29.2 Å². The summed E-state index contributed by atoms with van der Waals surface area (Å²) in [6.07, 6.45) is -25.4. The van der Waals surface area contributed by atoms with Gasteiger partial charge in [-0.25, -0.2) is 0 Å². The van der Waals surface area contributed by atoms with E-state index < -0.39 is 121 Å². The van der Waals surface area contributed by atoms with Crippen LogP contribution in [0.25, 0.3) is 0 Å². The summed E-state index contributed by atoms with van der Waals surface area (Å²) in [4.78, 5) is 0. The minimum Gasteiger partial charge on any atom is -0.166 e. The summed E-state index contributed by atoms with van der Waals surface area (Å²) in [5.41, 5.74) is -2.56. The highest BCUT2D eigenvalue weighted by molar-refractivity contribution is 6.93. The molecule has 97 heavy (non-hydrogen) atoms. The first-order valence-electron chi connectivity index (χ1n) is 32.2. The molecule has 0 unspecified atom stereocenters. The fraction of sp³-hybridized carbons (Fsp3) is 0.440. The first-order chi connectivity index (χ1) is 43.1. The lowest BCUT2D eigenvalue weighted by Crippen LogP contribution is -2.48. The monoisotopic (exact) mass is 1490 g/mol. The summed E-state index contributed by atoms with van der Waals surface area (Å²) >= 11 is 0. The largest absolute Gasteiger partial charge is 0.416 e. The molecular formula is C75H107F15Si7. The molecule has 0 saturated heterocycles. The van der Waals surface area contributed by atoms with Gasteiger partial charge in [0.05, 0.1) is 84.3 Å². The van der Waals surface area contributed by atoms with Gasteiger partial charge in [0.25, 0.3) is 0 Å². The molecule has 7 aromatic rings. The van der Waals surface area contributed by atoms with Gasteiger partial charge in [-0.1, -0.05) is 311 Å². The lowest BCUT2D eigenvalue weighted by molar-refractivity contribution is -0.149. The molecule has 540 valence electrons. The van der Waals surface area contributed by atoms with Gasteiger partial charge in [0.2, 0.25) is 0 Å². The van der Waals surface area contributed by atoms with Crippen LogP contribution in [0.5, 0.6) is 0 Å². The zero-order valence-corrected chi connectivity index (χ0v) is 69.4. The third kappa shape index (κ3) is 30.8. The fourth-order valence-electron chi connectivity index (χ4n) is 10.3. The van der Waals surface area contributed by atoms with E-state index in [0.29, 0.717) is 19.1 Å². The molecule has 22 heteroatoms. The maximum absolute atomic E-state index is 12.5. The summed E-state index contributed by atoms with van der Waals surface area (Å²) in [6, 6.07) is 41.4. The van der Waals surface area contributed by atoms with Crippen molar-refractivity contribution in [2.45, 2.75) is 217 Å². The van der Waals surface area contributed by atoms with Gasteiger partial charge in [0, 0.05) is 0 Å². The number of halogens is 15. The highest BCUT2D eigenvalue weighted by Gasteiger charge is 2.44. The Kier molecular flexibility index (Phi) is 31.7. The van der Waals surface area contributed by atoms with Crippen LogP contribution < -0.4 is 36.3 Å². The number of hydrogen-bond donors (Lipinski definition) is 0. The molecule has 0 aromatic heterocycles. The van der Waals surface area contributed by atoms with E-state index in [-0.39, 0.29) is 23.8 Å². The van der Waals surface area contributed by atoms with E-state index in [0.717, 1.165) is 0 Å². The zero-order valence-electron chi connectivity index (χ0n) is 62.4. The third-order valence-electron chi connectivity index (χ3n) is 15.7. The molecule has 7 rings (SSSR count). The summed E-state index contributed by atoms with van der Waals surface area (Å²) in [7, 11) is -7.84. The van der Waals surface area contributed by atoms with Gasteiger partial charge in [0.1, 0.15) is 0 Å². The predicted molar refractivity (Wildman–Crippen MR) is 404 cm³/mol. The Balaban J connectivity index is 0.000000570. The van der Waals surface area contributed by atoms with Crippen LogP contribution in [-0.4, -0.2) is 56.5 Å². The third-order valence-corrected chi connectivity index (χ3v) is 30.5. The quantitative estimate of drug-likeness (QED) is 0.110. The topological polar surface area (TPSA) is 0 Å². The summed E-state index contributed by atoms with van der Waals surface area (Å²) in [5, 5.41) is 11.2. The molecule has 0 N–H and O–H groups in total. The van der Waals surface area contributed by atoms with Gasteiger partial charge in [0.15, 0.2) is 0 Å². The van der Waals surface area contributed by atoms with E-state index >= 15 is 0 Å².